The first kappa shape index (κ1) is 23.7. The van der Waals surface area contributed by atoms with E-state index in [4.69, 9.17) is 17.1 Å². The van der Waals surface area contributed by atoms with E-state index in [1.807, 2.05) is 68.2 Å². The Morgan fingerprint density at radius 3 is 1.48 bits per heavy atom. The lowest BCUT2D eigenvalue weighted by molar-refractivity contribution is 0.115. The van der Waals surface area contributed by atoms with Gasteiger partial charge < -0.3 is 17.1 Å². The summed E-state index contributed by atoms with van der Waals surface area (Å²) in [6.07, 6.45) is 0. The zero-order valence-electron chi connectivity index (χ0n) is 17.9. The summed E-state index contributed by atoms with van der Waals surface area (Å²) in [6, 6.07) is 20.3. The van der Waals surface area contributed by atoms with E-state index in [2.05, 4.69) is 44.0 Å². The van der Waals surface area contributed by atoms with Crippen molar-refractivity contribution in [2.45, 2.75) is 26.9 Å². The first-order chi connectivity index (χ1) is 13.9. The minimum absolute atomic E-state index is 0.508. The number of rotatable bonds is 12. The molecule has 0 radical (unpaired) electrons. The van der Waals surface area contributed by atoms with Gasteiger partial charge in [-0.05, 0) is 30.8 Å². The van der Waals surface area contributed by atoms with Crippen LogP contribution in [0.25, 0.3) is 0 Å². The lowest BCUT2D eigenvalue weighted by atomic mass is 10.4. The standard InChI is InChI=1S/C22H32O4Si3/c1-7-23-28(6,24-8-2)26-29(21-17-13-11-14-18-21,22-19-15-12-16-20-22)25-27(5,9-3)10-4/h9-20H,3-4,7-8H2,1-2,5-6H3. The van der Waals surface area contributed by atoms with Crippen LogP contribution in [0.4, 0.5) is 0 Å². The molecule has 4 nitrogen and oxygen atoms in total. The SMILES string of the molecule is C=C[Si](C)(C=C)O[Si](O[Si](C)(OCC)OCC)(c1ccccc1)c1ccccc1. The molecule has 0 heterocycles. The van der Waals surface area contributed by atoms with Crippen LogP contribution < -0.4 is 10.4 Å². The van der Waals surface area contributed by atoms with Gasteiger partial charge in [-0.2, -0.15) is 0 Å². The van der Waals surface area contributed by atoms with Gasteiger partial charge in [0.2, 0.25) is 8.32 Å². The molecule has 0 N–H and O–H groups in total. The summed E-state index contributed by atoms with van der Waals surface area (Å²) in [4.78, 5) is 0. The van der Waals surface area contributed by atoms with Crippen LogP contribution in [-0.4, -0.2) is 38.9 Å². The van der Waals surface area contributed by atoms with E-state index in [-0.39, 0.29) is 0 Å². The van der Waals surface area contributed by atoms with Crippen LogP contribution in [0.5, 0.6) is 0 Å². The second kappa shape index (κ2) is 10.4. The van der Waals surface area contributed by atoms with E-state index in [1.165, 1.54) is 0 Å². The predicted molar refractivity (Wildman–Crippen MR) is 127 cm³/mol. The van der Waals surface area contributed by atoms with Crippen LogP contribution in [0.3, 0.4) is 0 Å². The van der Waals surface area contributed by atoms with Gasteiger partial charge in [-0.3, -0.25) is 0 Å². The zero-order valence-corrected chi connectivity index (χ0v) is 20.9. The largest absolute Gasteiger partial charge is 0.489 e. The molecule has 7 heteroatoms. The van der Waals surface area contributed by atoms with Crippen molar-refractivity contribution in [2.75, 3.05) is 13.2 Å². The van der Waals surface area contributed by atoms with E-state index < -0.39 is 25.7 Å². The van der Waals surface area contributed by atoms with Crippen LogP contribution in [-0.2, 0) is 17.1 Å². The lowest BCUT2D eigenvalue weighted by Crippen LogP contribution is -2.71. The summed E-state index contributed by atoms with van der Waals surface area (Å²) in [5.41, 5.74) is 3.77. The van der Waals surface area contributed by atoms with Gasteiger partial charge in [-0.1, -0.05) is 72.1 Å². The summed E-state index contributed by atoms with van der Waals surface area (Å²) in [7, 11) is -8.66. The molecular formula is C22H32O4Si3. The highest BCUT2D eigenvalue weighted by Gasteiger charge is 2.53. The molecule has 0 unspecified atom stereocenters. The summed E-state index contributed by atoms with van der Waals surface area (Å²) < 4.78 is 26.0. The van der Waals surface area contributed by atoms with Crippen molar-refractivity contribution < 1.29 is 17.1 Å². The maximum atomic E-state index is 6.98. The molecule has 0 aliphatic carbocycles. The molecule has 0 aliphatic rings. The van der Waals surface area contributed by atoms with E-state index in [1.54, 1.807) is 0 Å². The molecule has 156 valence electrons. The van der Waals surface area contributed by atoms with E-state index in [9.17, 15) is 0 Å². The van der Waals surface area contributed by atoms with Gasteiger partial charge in [0.15, 0.2) is 0 Å². The second-order valence-electron chi connectivity index (χ2n) is 6.87. The zero-order chi connectivity index (χ0) is 21.4. The summed E-state index contributed by atoms with van der Waals surface area (Å²) >= 11 is 0. The monoisotopic (exact) mass is 444 g/mol. The molecule has 0 saturated heterocycles. The molecule has 2 aromatic rings. The summed E-state index contributed by atoms with van der Waals surface area (Å²) in [6.45, 7) is 17.0. The molecule has 0 saturated carbocycles. The third-order valence-electron chi connectivity index (χ3n) is 4.62. The van der Waals surface area contributed by atoms with Crippen molar-refractivity contribution in [2.24, 2.45) is 0 Å². The number of hydrogen-bond donors (Lipinski definition) is 0. The van der Waals surface area contributed by atoms with Crippen LogP contribution >= 0.6 is 0 Å². The predicted octanol–water partition coefficient (Wildman–Crippen LogP) is 3.94. The van der Waals surface area contributed by atoms with E-state index >= 15 is 0 Å². The van der Waals surface area contributed by atoms with Crippen molar-refractivity contribution in [1.82, 2.24) is 0 Å². The average molecular weight is 445 g/mol. The second-order valence-corrected chi connectivity index (χ2v) is 16.4. The van der Waals surface area contributed by atoms with Crippen molar-refractivity contribution in [3.05, 3.63) is 85.2 Å². The van der Waals surface area contributed by atoms with Crippen molar-refractivity contribution >= 4 is 36.1 Å². The Hall–Kier alpha value is -1.59. The van der Waals surface area contributed by atoms with Crippen molar-refractivity contribution in [3.63, 3.8) is 0 Å². The van der Waals surface area contributed by atoms with Gasteiger partial charge in [0, 0.05) is 19.8 Å². The first-order valence-corrected chi connectivity index (χ1v) is 16.5. The maximum absolute atomic E-state index is 6.98. The topological polar surface area (TPSA) is 36.9 Å². The van der Waals surface area contributed by atoms with Crippen LogP contribution in [0.1, 0.15) is 13.8 Å². The molecule has 0 bridgehead atoms. The van der Waals surface area contributed by atoms with Crippen molar-refractivity contribution in [1.29, 1.82) is 0 Å². The molecule has 2 rings (SSSR count). The van der Waals surface area contributed by atoms with Gasteiger partial charge in [-0.15, -0.1) is 13.2 Å². The fourth-order valence-electron chi connectivity index (χ4n) is 3.10. The van der Waals surface area contributed by atoms with Gasteiger partial charge in [0.05, 0.1) is 0 Å². The quantitative estimate of drug-likeness (QED) is 0.465. The maximum Gasteiger partial charge on any atom is 0.489 e. The Labute approximate surface area is 178 Å². The Kier molecular flexibility index (Phi) is 8.53. The first-order valence-electron chi connectivity index (χ1n) is 9.93. The minimum atomic E-state index is -3.20. The molecule has 0 atom stereocenters. The molecule has 0 fully saturated rings. The fourth-order valence-corrected chi connectivity index (χ4v) is 14.1. The third-order valence-corrected chi connectivity index (χ3v) is 15.6. The van der Waals surface area contributed by atoms with Gasteiger partial charge in [0.1, 0.15) is 0 Å². The summed E-state index contributed by atoms with van der Waals surface area (Å²) in [5.74, 6) is 0. The van der Waals surface area contributed by atoms with Crippen LogP contribution in [0, 0.1) is 0 Å². The molecule has 2 aromatic carbocycles. The Morgan fingerprint density at radius 1 is 0.724 bits per heavy atom. The Balaban J connectivity index is 2.75. The molecule has 0 spiro atoms. The highest BCUT2D eigenvalue weighted by Crippen LogP contribution is 2.24. The van der Waals surface area contributed by atoms with Gasteiger partial charge in [0.25, 0.3) is 0 Å². The highest BCUT2D eigenvalue weighted by molar-refractivity contribution is 7.03. The lowest BCUT2D eigenvalue weighted by Gasteiger charge is -2.41. The molecule has 0 aromatic heterocycles. The average Bonchev–Trinajstić information content (AvgIpc) is 2.74. The van der Waals surface area contributed by atoms with E-state index in [0.29, 0.717) is 13.2 Å². The molecule has 0 aliphatic heterocycles. The Morgan fingerprint density at radius 2 is 1.14 bits per heavy atom. The minimum Gasteiger partial charge on any atom is -0.423 e. The molecular weight excluding hydrogens is 412 g/mol. The van der Waals surface area contributed by atoms with Crippen LogP contribution in [0.15, 0.2) is 85.2 Å². The van der Waals surface area contributed by atoms with E-state index in [0.717, 1.165) is 10.4 Å². The number of benzene rings is 2. The van der Waals surface area contributed by atoms with Crippen LogP contribution in [0.2, 0.25) is 13.1 Å². The highest BCUT2D eigenvalue weighted by atomic mass is 28.5. The Bertz CT molecular complexity index is 730. The molecule has 29 heavy (non-hydrogen) atoms. The fraction of sp³-hybridized carbons (Fsp3) is 0.273. The smallest absolute Gasteiger partial charge is 0.423 e. The summed E-state index contributed by atoms with van der Waals surface area (Å²) in [5, 5.41) is 2.01. The third kappa shape index (κ3) is 5.73. The number of hydrogen-bond acceptors (Lipinski definition) is 4. The van der Waals surface area contributed by atoms with Gasteiger partial charge in [-0.25, -0.2) is 0 Å². The van der Waals surface area contributed by atoms with Gasteiger partial charge >= 0.3 is 17.4 Å². The van der Waals surface area contributed by atoms with Crippen molar-refractivity contribution in [3.8, 4) is 0 Å². The normalized spacial score (nSPS) is 12.6. The molecule has 0 amide bonds.